The number of carbonyl (C=O) groups excluding carboxylic acids is 1. The number of urea groups is 1. The summed E-state index contributed by atoms with van der Waals surface area (Å²) in [4.78, 5) is 24.5. The maximum Gasteiger partial charge on any atom is 0.326 e. The minimum absolute atomic E-state index is 0.340. The lowest BCUT2D eigenvalue weighted by molar-refractivity contribution is -0.143. The molecule has 0 aromatic heterocycles. The van der Waals surface area contributed by atoms with E-state index in [9.17, 15) is 9.59 Å². The molecule has 1 aliphatic heterocycles. The molecule has 5 heteroatoms. The Balaban J connectivity index is 2.05. The number of carbonyl (C=O) groups is 2. The second-order valence-corrected chi connectivity index (χ2v) is 4.34. The van der Waals surface area contributed by atoms with Crippen LogP contribution >= 0.6 is 0 Å². The summed E-state index contributed by atoms with van der Waals surface area (Å²) in [6, 6.07) is 8.00. The number of hydrogen-bond donors (Lipinski definition) is 2. The van der Waals surface area contributed by atoms with Crippen LogP contribution in [0.4, 0.5) is 10.5 Å². The third kappa shape index (κ3) is 2.80. The highest BCUT2D eigenvalue weighted by Gasteiger charge is 2.31. The normalized spacial score (nSPS) is 19.3. The minimum atomic E-state index is -0.932. The van der Waals surface area contributed by atoms with Crippen LogP contribution in [-0.4, -0.2) is 34.6 Å². The van der Waals surface area contributed by atoms with Gasteiger partial charge in [-0.25, -0.2) is 9.59 Å². The van der Waals surface area contributed by atoms with E-state index in [2.05, 4.69) is 5.32 Å². The molecule has 0 aliphatic carbocycles. The molecule has 0 radical (unpaired) electrons. The fourth-order valence-electron chi connectivity index (χ4n) is 2.15. The van der Waals surface area contributed by atoms with Crippen LogP contribution in [-0.2, 0) is 4.79 Å². The number of para-hydroxylation sites is 1. The Hall–Kier alpha value is -2.04. The van der Waals surface area contributed by atoms with E-state index in [1.165, 1.54) is 4.90 Å². The van der Waals surface area contributed by atoms with Crippen molar-refractivity contribution in [2.75, 3.05) is 11.9 Å². The zero-order chi connectivity index (χ0) is 13.0. The number of nitrogens with one attached hydrogen (secondary N) is 1. The summed E-state index contributed by atoms with van der Waals surface area (Å²) in [6.07, 6.45) is 2.23. The van der Waals surface area contributed by atoms with E-state index in [1.807, 2.05) is 18.2 Å². The lowest BCUT2D eigenvalue weighted by Crippen LogP contribution is -2.49. The lowest BCUT2D eigenvalue weighted by Gasteiger charge is -2.32. The standard InChI is InChI=1S/C13H16N2O3/c16-12(17)11-8-4-5-9-15(11)13(18)14-10-6-2-1-3-7-10/h1-3,6-7,11H,4-5,8-9H2,(H,14,18)(H,16,17)/t11-/m1/s1. The third-order valence-electron chi connectivity index (χ3n) is 3.07. The Labute approximate surface area is 105 Å². The van der Waals surface area contributed by atoms with Gasteiger partial charge in [-0.1, -0.05) is 18.2 Å². The molecule has 0 bridgehead atoms. The van der Waals surface area contributed by atoms with Crippen molar-refractivity contribution >= 4 is 17.7 Å². The number of nitrogens with zero attached hydrogens (tertiary/aromatic N) is 1. The Morgan fingerprint density at radius 3 is 2.61 bits per heavy atom. The fraction of sp³-hybridized carbons (Fsp3) is 0.385. The summed E-state index contributed by atoms with van der Waals surface area (Å²) < 4.78 is 0. The zero-order valence-electron chi connectivity index (χ0n) is 10.0. The van der Waals surface area contributed by atoms with Gasteiger partial charge in [0.1, 0.15) is 6.04 Å². The molecule has 1 aromatic rings. The fourth-order valence-corrected chi connectivity index (χ4v) is 2.15. The van der Waals surface area contributed by atoms with Gasteiger partial charge in [0.05, 0.1) is 0 Å². The van der Waals surface area contributed by atoms with Crippen molar-refractivity contribution in [3.05, 3.63) is 30.3 Å². The SMILES string of the molecule is O=C(O)[C@H]1CCCCN1C(=O)Nc1ccccc1. The number of hydrogen-bond acceptors (Lipinski definition) is 2. The van der Waals surface area contributed by atoms with Crippen LogP contribution in [0.1, 0.15) is 19.3 Å². The third-order valence-corrected chi connectivity index (χ3v) is 3.07. The second-order valence-electron chi connectivity index (χ2n) is 4.34. The quantitative estimate of drug-likeness (QED) is 0.842. The van der Waals surface area contributed by atoms with Crippen molar-refractivity contribution in [1.82, 2.24) is 4.90 Å². The number of likely N-dealkylation sites (tertiary alicyclic amines) is 1. The molecule has 1 fully saturated rings. The Morgan fingerprint density at radius 1 is 1.22 bits per heavy atom. The summed E-state index contributed by atoms with van der Waals surface area (Å²) in [5.41, 5.74) is 0.678. The van der Waals surface area contributed by atoms with Gasteiger partial charge in [0, 0.05) is 12.2 Å². The van der Waals surface area contributed by atoms with E-state index in [4.69, 9.17) is 5.11 Å². The van der Waals surface area contributed by atoms with Crippen LogP contribution in [0.2, 0.25) is 0 Å². The molecular formula is C13H16N2O3. The van der Waals surface area contributed by atoms with Gasteiger partial charge in [-0.15, -0.1) is 0 Å². The second kappa shape index (κ2) is 5.53. The van der Waals surface area contributed by atoms with Crippen LogP contribution < -0.4 is 5.32 Å². The molecule has 1 atom stereocenters. The molecule has 1 aliphatic rings. The van der Waals surface area contributed by atoms with Gasteiger partial charge in [0.15, 0.2) is 0 Å². The van der Waals surface area contributed by atoms with Gasteiger partial charge in [-0.2, -0.15) is 0 Å². The summed E-state index contributed by atoms with van der Waals surface area (Å²) in [7, 11) is 0. The first-order valence-electron chi connectivity index (χ1n) is 6.04. The van der Waals surface area contributed by atoms with Crippen LogP contribution in [0.25, 0.3) is 0 Å². The highest BCUT2D eigenvalue weighted by atomic mass is 16.4. The Morgan fingerprint density at radius 2 is 1.94 bits per heavy atom. The largest absolute Gasteiger partial charge is 0.480 e. The predicted octanol–water partition coefficient (Wildman–Crippen LogP) is 2.16. The molecule has 0 saturated carbocycles. The van der Waals surface area contributed by atoms with E-state index in [0.717, 1.165) is 12.8 Å². The Kier molecular flexibility index (Phi) is 3.82. The number of carboxylic acids is 1. The molecule has 2 N–H and O–H groups in total. The van der Waals surface area contributed by atoms with E-state index >= 15 is 0 Å². The van der Waals surface area contributed by atoms with Crippen LogP contribution in [0.5, 0.6) is 0 Å². The van der Waals surface area contributed by atoms with Gasteiger partial charge < -0.3 is 15.3 Å². The van der Waals surface area contributed by atoms with E-state index in [0.29, 0.717) is 18.7 Å². The molecule has 96 valence electrons. The molecule has 18 heavy (non-hydrogen) atoms. The zero-order valence-corrected chi connectivity index (χ0v) is 10.0. The number of anilines is 1. The molecular weight excluding hydrogens is 232 g/mol. The van der Waals surface area contributed by atoms with Crippen molar-refractivity contribution < 1.29 is 14.7 Å². The number of rotatable bonds is 2. The molecule has 5 nitrogen and oxygen atoms in total. The number of piperidine rings is 1. The summed E-state index contributed by atoms with van der Waals surface area (Å²) >= 11 is 0. The maximum absolute atomic E-state index is 12.0. The lowest BCUT2D eigenvalue weighted by atomic mass is 10.0. The van der Waals surface area contributed by atoms with Gasteiger partial charge in [-0.05, 0) is 31.4 Å². The first-order chi connectivity index (χ1) is 8.68. The van der Waals surface area contributed by atoms with Crippen molar-refractivity contribution in [1.29, 1.82) is 0 Å². The molecule has 0 unspecified atom stereocenters. The highest BCUT2D eigenvalue weighted by molar-refractivity contribution is 5.92. The average Bonchev–Trinajstić information content (AvgIpc) is 2.40. The number of aliphatic carboxylic acids is 1. The molecule has 1 heterocycles. The minimum Gasteiger partial charge on any atom is -0.480 e. The van der Waals surface area contributed by atoms with Gasteiger partial charge in [0.25, 0.3) is 0 Å². The molecule has 1 aromatic carbocycles. The van der Waals surface area contributed by atoms with Gasteiger partial charge in [0.2, 0.25) is 0 Å². The monoisotopic (exact) mass is 248 g/mol. The number of carboxylic acid groups (broad SMARTS) is 1. The van der Waals surface area contributed by atoms with Crippen LogP contribution in [0.3, 0.4) is 0 Å². The van der Waals surface area contributed by atoms with Crippen molar-refractivity contribution in [2.45, 2.75) is 25.3 Å². The molecule has 1 saturated heterocycles. The highest BCUT2D eigenvalue weighted by Crippen LogP contribution is 2.18. The van der Waals surface area contributed by atoms with Crippen molar-refractivity contribution in [3.8, 4) is 0 Å². The number of amides is 2. The summed E-state index contributed by atoms with van der Waals surface area (Å²) in [5, 5.41) is 11.8. The van der Waals surface area contributed by atoms with Crippen LogP contribution in [0, 0.1) is 0 Å². The van der Waals surface area contributed by atoms with E-state index < -0.39 is 12.0 Å². The van der Waals surface area contributed by atoms with Crippen LogP contribution in [0.15, 0.2) is 30.3 Å². The first kappa shape index (κ1) is 12.4. The first-order valence-corrected chi connectivity index (χ1v) is 6.04. The van der Waals surface area contributed by atoms with E-state index in [1.54, 1.807) is 12.1 Å². The molecule has 2 rings (SSSR count). The van der Waals surface area contributed by atoms with Crippen molar-refractivity contribution in [3.63, 3.8) is 0 Å². The van der Waals surface area contributed by atoms with Gasteiger partial charge >= 0.3 is 12.0 Å². The predicted molar refractivity (Wildman–Crippen MR) is 67.4 cm³/mol. The smallest absolute Gasteiger partial charge is 0.326 e. The topological polar surface area (TPSA) is 69.6 Å². The maximum atomic E-state index is 12.0. The average molecular weight is 248 g/mol. The molecule has 0 spiro atoms. The Bertz CT molecular complexity index is 433. The number of benzene rings is 1. The van der Waals surface area contributed by atoms with E-state index in [-0.39, 0.29) is 6.03 Å². The summed E-state index contributed by atoms with van der Waals surface area (Å²) in [6.45, 7) is 0.496. The van der Waals surface area contributed by atoms with Crippen molar-refractivity contribution in [2.24, 2.45) is 0 Å². The summed E-state index contributed by atoms with van der Waals surface area (Å²) in [5.74, 6) is -0.932. The van der Waals surface area contributed by atoms with Gasteiger partial charge in [-0.3, -0.25) is 0 Å². The molecule has 2 amide bonds.